The number of rotatable bonds is 4. The Labute approximate surface area is 143 Å². The van der Waals surface area contributed by atoms with Crippen molar-refractivity contribution in [1.82, 2.24) is 9.97 Å². The van der Waals surface area contributed by atoms with Gasteiger partial charge in [-0.05, 0) is 26.3 Å². The van der Waals surface area contributed by atoms with Gasteiger partial charge in [0.15, 0.2) is 5.69 Å². The molecule has 8 heteroatoms. The lowest BCUT2D eigenvalue weighted by molar-refractivity contribution is 0.0199. The molecule has 1 aromatic heterocycles. The third-order valence-electron chi connectivity index (χ3n) is 2.92. The van der Waals surface area contributed by atoms with Crippen molar-refractivity contribution in [2.24, 2.45) is 0 Å². The molecule has 0 aliphatic carbocycles. The van der Waals surface area contributed by atoms with Gasteiger partial charge in [-0.1, -0.05) is 30.3 Å². The Kier molecular flexibility index (Phi) is 5.21. The Morgan fingerprint density at radius 3 is 2.40 bits per heavy atom. The fourth-order valence-corrected chi connectivity index (χ4v) is 1.98. The van der Waals surface area contributed by atoms with Gasteiger partial charge in [-0.15, -0.1) is 0 Å². The molecule has 0 saturated carbocycles. The lowest BCUT2D eigenvalue weighted by Crippen LogP contribution is -2.29. The number of nitrogens with one attached hydrogen (secondary N) is 1. The molecule has 8 nitrogen and oxygen atoms in total. The Hall–Kier alpha value is -3.16. The van der Waals surface area contributed by atoms with Gasteiger partial charge in [0.1, 0.15) is 11.4 Å². The molecule has 0 aliphatic heterocycles. The average molecular weight is 346 g/mol. The number of carbonyl (C=O) groups excluding carboxylic acids is 1. The Balaban J connectivity index is 2.33. The molecule has 0 saturated heterocycles. The standard InChI is InChI=1S/C17H18N2O6/c1-17(2,3)25-16(23)24-13-12(15(21)22)18-11(19-14(13)20)9-10-7-5-4-6-8-10/h4-8H,9H2,1-3H3,(H,21,22)(H,18,19,20). The van der Waals surface area contributed by atoms with E-state index in [-0.39, 0.29) is 12.2 Å². The summed E-state index contributed by atoms with van der Waals surface area (Å²) in [6, 6.07) is 9.08. The van der Waals surface area contributed by atoms with E-state index < -0.39 is 34.7 Å². The summed E-state index contributed by atoms with van der Waals surface area (Å²) in [5.41, 5.74) is -1.54. The number of nitrogens with zero attached hydrogens (tertiary/aromatic N) is 1. The summed E-state index contributed by atoms with van der Waals surface area (Å²) >= 11 is 0. The first-order valence-electron chi connectivity index (χ1n) is 7.47. The molecule has 0 bridgehead atoms. The number of hydrogen-bond acceptors (Lipinski definition) is 6. The number of carbonyl (C=O) groups is 2. The molecule has 0 aliphatic rings. The summed E-state index contributed by atoms with van der Waals surface area (Å²) in [4.78, 5) is 41.6. The van der Waals surface area contributed by atoms with Crippen molar-refractivity contribution in [3.8, 4) is 5.75 Å². The third-order valence-corrected chi connectivity index (χ3v) is 2.92. The summed E-state index contributed by atoms with van der Waals surface area (Å²) < 4.78 is 9.69. The average Bonchev–Trinajstić information content (AvgIpc) is 2.48. The van der Waals surface area contributed by atoms with E-state index in [4.69, 9.17) is 9.47 Å². The van der Waals surface area contributed by atoms with Crippen molar-refractivity contribution in [1.29, 1.82) is 0 Å². The van der Waals surface area contributed by atoms with Crippen LogP contribution in [0.4, 0.5) is 4.79 Å². The molecule has 0 atom stereocenters. The van der Waals surface area contributed by atoms with Gasteiger partial charge < -0.3 is 19.6 Å². The van der Waals surface area contributed by atoms with Crippen LogP contribution in [0, 0.1) is 0 Å². The van der Waals surface area contributed by atoms with Crippen LogP contribution in [0.15, 0.2) is 35.1 Å². The lowest BCUT2D eigenvalue weighted by atomic mass is 10.1. The first-order chi connectivity index (χ1) is 11.7. The minimum Gasteiger partial charge on any atom is -0.476 e. The minimum absolute atomic E-state index is 0.144. The molecule has 0 spiro atoms. The second-order valence-electron chi connectivity index (χ2n) is 6.22. The van der Waals surface area contributed by atoms with Gasteiger partial charge >= 0.3 is 12.1 Å². The number of carboxylic acid groups (broad SMARTS) is 1. The smallest absolute Gasteiger partial charge is 0.476 e. The first-order valence-corrected chi connectivity index (χ1v) is 7.47. The molecule has 0 radical (unpaired) electrons. The zero-order valence-electron chi connectivity index (χ0n) is 14.0. The van der Waals surface area contributed by atoms with Gasteiger partial charge in [0.25, 0.3) is 5.56 Å². The molecule has 132 valence electrons. The van der Waals surface area contributed by atoms with Crippen LogP contribution in [-0.4, -0.2) is 32.8 Å². The van der Waals surface area contributed by atoms with Crippen LogP contribution in [0.3, 0.4) is 0 Å². The summed E-state index contributed by atoms with van der Waals surface area (Å²) in [7, 11) is 0. The Morgan fingerprint density at radius 2 is 1.84 bits per heavy atom. The topological polar surface area (TPSA) is 119 Å². The maximum Gasteiger partial charge on any atom is 0.514 e. The number of carboxylic acids is 1. The number of benzene rings is 1. The number of aromatic nitrogens is 2. The number of hydrogen-bond donors (Lipinski definition) is 2. The van der Waals surface area contributed by atoms with E-state index >= 15 is 0 Å². The minimum atomic E-state index is -1.49. The molecular weight excluding hydrogens is 328 g/mol. The van der Waals surface area contributed by atoms with E-state index in [0.717, 1.165) is 5.56 Å². The zero-order chi connectivity index (χ0) is 18.6. The van der Waals surface area contributed by atoms with Crippen LogP contribution in [0.2, 0.25) is 0 Å². The van der Waals surface area contributed by atoms with Gasteiger partial charge in [-0.3, -0.25) is 4.79 Å². The zero-order valence-corrected chi connectivity index (χ0v) is 14.0. The number of ether oxygens (including phenoxy) is 2. The van der Waals surface area contributed by atoms with Gasteiger partial charge in [0, 0.05) is 6.42 Å². The highest BCUT2D eigenvalue weighted by molar-refractivity contribution is 5.89. The van der Waals surface area contributed by atoms with E-state index in [1.165, 1.54) is 0 Å². The Morgan fingerprint density at radius 1 is 1.20 bits per heavy atom. The quantitative estimate of drug-likeness (QED) is 0.816. The van der Waals surface area contributed by atoms with Crippen molar-refractivity contribution in [2.45, 2.75) is 32.8 Å². The van der Waals surface area contributed by atoms with Gasteiger partial charge in [-0.25, -0.2) is 14.6 Å². The van der Waals surface area contributed by atoms with Gasteiger partial charge in [0.05, 0.1) is 0 Å². The number of H-pyrrole nitrogens is 1. The number of aromatic carboxylic acids is 1. The highest BCUT2D eigenvalue weighted by atomic mass is 16.7. The third kappa shape index (κ3) is 5.17. The summed E-state index contributed by atoms with van der Waals surface area (Å²) in [6.45, 7) is 4.83. The predicted molar refractivity (Wildman–Crippen MR) is 87.9 cm³/mol. The second kappa shape index (κ2) is 7.16. The normalized spacial score (nSPS) is 11.0. The van der Waals surface area contributed by atoms with E-state index in [2.05, 4.69) is 9.97 Å². The summed E-state index contributed by atoms with van der Waals surface area (Å²) in [5.74, 6) is -2.05. The van der Waals surface area contributed by atoms with E-state index in [1.807, 2.05) is 30.3 Å². The maximum absolute atomic E-state index is 12.2. The van der Waals surface area contributed by atoms with Crippen molar-refractivity contribution in [3.05, 3.63) is 57.8 Å². The van der Waals surface area contributed by atoms with Crippen molar-refractivity contribution < 1.29 is 24.2 Å². The number of aromatic amines is 1. The summed E-state index contributed by atoms with van der Waals surface area (Å²) in [5, 5.41) is 9.28. The fourth-order valence-electron chi connectivity index (χ4n) is 1.98. The van der Waals surface area contributed by atoms with Crippen LogP contribution < -0.4 is 10.3 Å². The molecule has 0 amide bonds. The van der Waals surface area contributed by atoms with Crippen molar-refractivity contribution in [2.75, 3.05) is 0 Å². The molecule has 2 N–H and O–H groups in total. The second-order valence-corrected chi connectivity index (χ2v) is 6.22. The van der Waals surface area contributed by atoms with E-state index in [9.17, 15) is 19.5 Å². The molecule has 1 heterocycles. The largest absolute Gasteiger partial charge is 0.514 e. The van der Waals surface area contributed by atoms with Gasteiger partial charge in [0.2, 0.25) is 5.75 Å². The van der Waals surface area contributed by atoms with E-state index in [0.29, 0.717) is 0 Å². The van der Waals surface area contributed by atoms with Crippen LogP contribution in [-0.2, 0) is 11.2 Å². The molecule has 0 fully saturated rings. The molecule has 2 aromatic rings. The van der Waals surface area contributed by atoms with Crippen molar-refractivity contribution in [3.63, 3.8) is 0 Å². The molecule has 25 heavy (non-hydrogen) atoms. The van der Waals surface area contributed by atoms with Crippen LogP contribution in [0.25, 0.3) is 0 Å². The van der Waals surface area contributed by atoms with Crippen LogP contribution in [0.1, 0.15) is 42.6 Å². The van der Waals surface area contributed by atoms with Gasteiger partial charge in [-0.2, -0.15) is 0 Å². The monoisotopic (exact) mass is 346 g/mol. The SMILES string of the molecule is CC(C)(C)OC(=O)Oc1c(C(=O)O)nc(Cc2ccccc2)[nH]c1=O. The highest BCUT2D eigenvalue weighted by Gasteiger charge is 2.25. The van der Waals surface area contributed by atoms with E-state index in [1.54, 1.807) is 20.8 Å². The fraction of sp³-hybridized carbons (Fsp3) is 0.294. The molecule has 1 aromatic carbocycles. The molecule has 0 unspecified atom stereocenters. The molecule has 2 rings (SSSR count). The molecular formula is C17H18N2O6. The van der Waals surface area contributed by atoms with Crippen molar-refractivity contribution >= 4 is 12.1 Å². The van der Waals surface area contributed by atoms with Crippen LogP contribution in [0.5, 0.6) is 5.75 Å². The summed E-state index contributed by atoms with van der Waals surface area (Å²) in [6.07, 6.45) is -0.957. The highest BCUT2D eigenvalue weighted by Crippen LogP contribution is 2.15. The predicted octanol–water partition coefficient (Wildman–Crippen LogP) is 2.37. The maximum atomic E-state index is 12.2. The first kappa shape index (κ1) is 18.2. The Bertz CT molecular complexity index is 836. The lowest BCUT2D eigenvalue weighted by Gasteiger charge is -2.18. The van der Waals surface area contributed by atoms with Crippen LogP contribution >= 0.6 is 0 Å².